The Morgan fingerprint density at radius 2 is 2.31 bits per heavy atom. The Morgan fingerprint density at radius 3 is 3.00 bits per heavy atom. The van der Waals surface area contributed by atoms with Crippen molar-refractivity contribution in [1.82, 2.24) is 0 Å². The van der Waals surface area contributed by atoms with Crippen molar-refractivity contribution in [1.29, 1.82) is 5.26 Å². The summed E-state index contributed by atoms with van der Waals surface area (Å²) in [6.45, 7) is 0. The second-order valence-electron chi connectivity index (χ2n) is 4.33. The monoisotopic (exact) mass is 177 g/mol. The molecule has 0 N–H and O–H groups in total. The normalized spacial score (nSPS) is 37.5. The number of nitriles is 1. The third-order valence-corrected chi connectivity index (χ3v) is 3.62. The number of Topliss-reactive ketones (excluding diaryl/α,β-unsaturated/α-hetero) is 1. The highest BCUT2D eigenvalue weighted by Gasteiger charge is 2.43. The first-order valence-corrected chi connectivity index (χ1v) is 5.23. The molecule has 0 unspecified atom stereocenters. The first-order chi connectivity index (χ1) is 6.33. The predicted molar refractivity (Wildman–Crippen MR) is 48.8 cm³/mol. The van der Waals surface area contributed by atoms with Crippen molar-refractivity contribution in [2.24, 2.45) is 17.8 Å². The van der Waals surface area contributed by atoms with Gasteiger partial charge in [0.2, 0.25) is 0 Å². The summed E-state index contributed by atoms with van der Waals surface area (Å²) in [5, 5.41) is 8.45. The Bertz CT molecular complexity index is 253. The molecule has 2 aliphatic carbocycles. The molecule has 2 saturated carbocycles. The highest BCUT2D eigenvalue weighted by Crippen LogP contribution is 2.45. The number of fused-ring (bicyclic) bond motifs is 1. The molecule has 70 valence electrons. The largest absolute Gasteiger partial charge is 0.299 e. The predicted octanol–water partition coefficient (Wildman–Crippen LogP) is 2.30. The van der Waals surface area contributed by atoms with Crippen LogP contribution in [0.2, 0.25) is 0 Å². The lowest BCUT2D eigenvalue weighted by atomic mass is 9.97. The van der Waals surface area contributed by atoms with E-state index in [0.717, 1.165) is 19.3 Å². The van der Waals surface area contributed by atoms with Crippen LogP contribution in [0.5, 0.6) is 0 Å². The summed E-state index contributed by atoms with van der Waals surface area (Å²) in [5.74, 6) is 1.76. The van der Waals surface area contributed by atoms with Gasteiger partial charge in [-0.1, -0.05) is 6.42 Å². The van der Waals surface area contributed by atoms with Crippen LogP contribution in [0.15, 0.2) is 0 Å². The smallest absolute Gasteiger partial charge is 0.139 e. The Morgan fingerprint density at radius 1 is 1.46 bits per heavy atom. The maximum Gasteiger partial charge on any atom is 0.139 e. The molecule has 0 aromatic rings. The second kappa shape index (κ2) is 3.49. The van der Waals surface area contributed by atoms with Gasteiger partial charge >= 0.3 is 0 Å². The minimum absolute atomic E-state index is 0.231. The van der Waals surface area contributed by atoms with Gasteiger partial charge in [0.15, 0.2) is 0 Å². The van der Waals surface area contributed by atoms with Crippen molar-refractivity contribution in [3.63, 3.8) is 0 Å². The van der Waals surface area contributed by atoms with E-state index < -0.39 is 0 Å². The van der Waals surface area contributed by atoms with Crippen LogP contribution >= 0.6 is 0 Å². The highest BCUT2D eigenvalue weighted by atomic mass is 16.1. The van der Waals surface area contributed by atoms with Crippen molar-refractivity contribution in [2.45, 2.75) is 38.5 Å². The SMILES string of the molecule is N#CCC[C@@H]1C[C@@H]2CCC[C@@H]2C1=O. The fourth-order valence-electron chi connectivity index (χ4n) is 2.98. The molecular formula is C11H15NO. The number of rotatable bonds is 2. The molecule has 3 atom stereocenters. The lowest BCUT2D eigenvalue weighted by Gasteiger charge is -2.06. The number of hydrogen-bond donors (Lipinski definition) is 0. The van der Waals surface area contributed by atoms with Crippen LogP contribution in [0, 0.1) is 29.1 Å². The lowest BCUT2D eigenvalue weighted by Crippen LogP contribution is -2.13. The molecule has 2 heteroatoms. The summed E-state index contributed by atoms with van der Waals surface area (Å²) in [7, 11) is 0. The first kappa shape index (κ1) is 8.74. The quantitative estimate of drug-likeness (QED) is 0.649. The molecule has 0 aromatic heterocycles. The topological polar surface area (TPSA) is 40.9 Å². The van der Waals surface area contributed by atoms with Gasteiger partial charge < -0.3 is 0 Å². The fraction of sp³-hybridized carbons (Fsp3) is 0.818. The van der Waals surface area contributed by atoms with Gasteiger partial charge in [0.05, 0.1) is 6.07 Å². The number of carbonyl (C=O) groups excluding carboxylic acids is 1. The van der Waals surface area contributed by atoms with E-state index in [1.165, 1.54) is 12.8 Å². The van der Waals surface area contributed by atoms with Gasteiger partial charge in [-0.2, -0.15) is 5.26 Å². The fourth-order valence-corrected chi connectivity index (χ4v) is 2.98. The summed E-state index contributed by atoms with van der Waals surface area (Å²) in [5.41, 5.74) is 0. The van der Waals surface area contributed by atoms with Crippen molar-refractivity contribution < 1.29 is 4.79 Å². The zero-order chi connectivity index (χ0) is 9.26. The Kier molecular flexibility index (Phi) is 2.35. The zero-order valence-corrected chi connectivity index (χ0v) is 7.83. The zero-order valence-electron chi connectivity index (χ0n) is 7.83. The van der Waals surface area contributed by atoms with E-state index in [9.17, 15) is 4.79 Å². The molecule has 0 amide bonds. The summed E-state index contributed by atoms with van der Waals surface area (Å²) in [6, 6.07) is 2.13. The van der Waals surface area contributed by atoms with Crippen molar-refractivity contribution in [3.8, 4) is 6.07 Å². The molecule has 0 spiro atoms. The van der Waals surface area contributed by atoms with E-state index in [2.05, 4.69) is 6.07 Å². The molecule has 0 aliphatic heterocycles. The number of carbonyl (C=O) groups is 1. The summed E-state index contributed by atoms with van der Waals surface area (Å²) in [6.07, 6.45) is 6.04. The van der Waals surface area contributed by atoms with Gasteiger partial charge in [0, 0.05) is 18.3 Å². The molecule has 0 radical (unpaired) electrons. The van der Waals surface area contributed by atoms with Crippen molar-refractivity contribution >= 4 is 5.78 Å². The van der Waals surface area contributed by atoms with Crippen LogP contribution in [0.25, 0.3) is 0 Å². The minimum atomic E-state index is 0.231. The first-order valence-electron chi connectivity index (χ1n) is 5.23. The minimum Gasteiger partial charge on any atom is -0.299 e. The lowest BCUT2D eigenvalue weighted by molar-refractivity contribution is -0.124. The van der Waals surface area contributed by atoms with E-state index in [1.54, 1.807) is 0 Å². The summed E-state index contributed by atoms with van der Waals surface area (Å²) in [4.78, 5) is 11.8. The molecule has 2 rings (SSSR count). The van der Waals surface area contributed by atoms with Crippen LogP contribution in [-0.4, -0.2) is 5.78 Å². The molecule has 13 heavy (non-hydrogen) atoms. The summed E-state index contributed by atoms with van der Waals surface area (Å²) < 4.78 is 0. The highest BCUT2D eigenvalue weighted by molar-refractivity contribution is 5.86. The van der Waals surface area contributed by atoms with E-state index >= 15 is 0 Å². The van der Waals surface area contributed by atoms with Crippen LogP contribution in [0.4, 0.5) is 0 Å². The van der Waals surface area contributed by atoms with E-state index in [4.69, 9.17) is 5.26 Å². The van der Waals surface area contributed by atoms with Gasteiger partial charge in [0.25, 0.3) is 0 Å². The number of hydrogen-bond acceptors (Lipinski definition) is 2. The van der Waals surface area contributed by atoms with Gasteiger partial charge in [-0.05, 0) is 31.6 Å². The van der Waals surface area contributed by atoms with Crippen LogP contribution in [0.3, 0.4) is 0 Å². The third-order valence-electron chi connectivity index (χ3n) is 3.62. The average molecular weight is 177 g/mol. The van der Waals surface area contributed by atoms with Crippen LogP contribution in [-0.2, 0) is 4.79 Å². The third kappa shape index (κ3) is 1.48. The molecular weight excluding hydrogens is 162 g/mol. The van der Waals surface area contributed by atoms with Crippen LogP contribution in [0.1, 0.15) is 38.5 Å². The Balaban J connectivity index is 1.95. The molecule has 0 saturated heterocycles. The summed E-state index contributed by atoms with van der Waals surface area (Å²) >= 11 is 0. The van der Waals surface area contributed by atoms with Crippen LogP contribution < -0.4 is 0 Å². The molecule has 0 heterocycles. The van der Waals surface area contributed by atoms with Gasteiger partial charge in [-0.15, -0.1) is 0 Å². The molecule has 2 fully saturated rings. The molecule has 0 bridgehead atoms. The Hall–Kier alpha value is -0.840. The Labute approximate surface area is 78.9 Å². The number of nitrogens with zero attached hydrogens (tertiary/aromatic N) is 1. The maximum atomic E-state index is 11.8. The standard InChI is InChI=1S/C11H15NO/c12-6-2-4-9-7-8-3-1-5-10(8)11(9)13/h8-10H,1-5,7H2/t8-,9+,10-/m0/s1. The second-order valence-corrected chi connectivity index (χ2v) is 4.33. The average Bonchev–Trinajstić information content (AvgIpc) is 2.67. The molecule has 2 aliphatic rings. The van der Waals surface area contributed by atoms with Gasteiger partial charge in [-0.25, -0.2) is 0 Å². The maximum absolute atomic E-state index is 11.8. The molecule has 2 nitrogen and oxygen atoms in total. The number of ketones is 1. The van der Waals surface area contributed by atoms with E-state index in [1.807, 2.05) is 0 Å². The van der Waals surface area contributed by atoms with E-state index in [0.29, 0.717) is 24.0 Å². The van der Waals surface area contributed by atoms with Gasteiger partial charge in [0.1, 0.15) is 5.78 Å². The van der Waals surface area contributed by atoms with Gasteiger partial charge in [-0.3, -0.25) is 4.79 Å². The van der Waals surface area contributed by atoms with E-state index in [-0.39, 0.29) is 5.92 Å². The van der Waals surface area contributed by atoms with Crippen molar-refractivity contribution in [2.75, 3.05) is 0 Å². The molecule has 0 aromatic carbocycles. The van der Waals surface area contributed by atoms with Crippen molar-refractivity contribution in [3.05, 3.63) is 0 Å².